The predicted molar refractivity (Wildman–Crippen MR) is 71.3 cm³/mol. The summed E-state index contributed by atoms with van der Waals surface area (Å²) in [5.41, 5.74) is 3.61. The van der Waals surface area contributed by atoms with Crippen molar-refractivity contribution in [1.29, 1.82) is 0 Å². The van der Waals surface area contributed by atoms with Gasteiger partial charge in [0.25, 0.3) is 0 Å². The third kappa shape index (κ3) is 3.74. The highest BCUT2D eigenvalue weighted by Crippen LogP contribution is 2.24. The molecule has 4 heteroatoms. The smallest absolute Gasteiger partial charge is 0.317 e. The molecule has 1 N–H and O–H groups in total. The number of carboxylic acids is 1. The van der Waals surface area contributed by atoms with E-state index in [1.165, 1.54) is 11.1 Å². The maximum Gasteiger partial charge on any atom is 0.317 e. The van der Waals surface area contributed by atoms with Crippen LogP contribution in [0.5, 0.6) is 5.75 Å². The van der Waals surface area contributed by atoms with Gasteiger partial charge in [0, 0.05) is 6.54 Å². The fourth-order valence-corrected chi connectivity index (χ4v) is 1.97. The zero-order valence-corrected chi connectivity index (χ0v) is 11.5. The molecule has 0 fully saturated rings. The second kappa shape index (κ2) is 6.40. The third-order valence-electron chi connectivity index (χ3n) is 3.24. The maximum absolute atomic E-state index is 10.6. The summed E-state index contributed by atoms with van der Waals surface area (Å²) >= 11 is 0. The molecule has 0 aliphatic heterocycles. The first-order valence-corrected chi connectivity index (χ1v) is 5.99. The van der Waals surface area contributed by atoms with E-state index in [0.29, 0.717) is 0 Å². The minimum atomic E-state index is -0.792. The molecule has 4 nitrogen and oxygen atoms in total. The van der Waals surface area contributed by atoms with Crippen LogP contribution in [0.2, 0.25) is 0 Å². The van der Waals surface area contributed by atoms with E-state index >= 15 is 0 Å². The van der Waals surface area contributed by atoms with E-state index in [4.69, 9.17) is 9.84 Å². The molecule has 1 rings (SSSR count). The molecule has 0 atom stereocenters. The number of nitrogens with zero attached hydrogens (tertiary/aromatic N) is 1. The second-order valence-corrected chi connectivity index (χ2v) is 4.56. The Bertz CT molecular complexity index is 429. The standard InChI is InChI=1S/C14H21NO3/c1-10-11(2)13(18-4)6-5-12(10)7-8-15(3)9-14(16)17/h5-6H,7-9H2,1-4H3,(H,16,17). The Morgan fingerprint density at radius 3 is 2.56 bits per heavy atom. The second-order valence-electron chi connectivity index (χ2n) is 4.56. The third-order valence-corrected chi connectivity index (χ3v) is 3.24. The van der Waals surface area contributed by atoms with Gasteiger partial charge in [-0.2, -0.15) is 0 Å². The summed E-state index contributed by atoms with van der Waals surface area (Å²) in [6, 6.07) is 4.02. The van der Waals surface area contributed by atoms with Gasteiger partial charge in [0.15, 0.2) is 0 Å². The fraction of sp³-hybridized carbons (Fsp3) is 0.500. The van der Waals surface area contributed by atoms with Gasteiger partial charge < -0.3 is 9.84 Å². The SMILES string of the molecule is COc1ccc(CCN(C)CC(=O)O)c(C)c1C. The van der Waals surface area contributed by atoms with Crippen molar-refractivity contribution in [2.24, 2.45) is 0 Å². The first-order chi connectivity index (χ1) is 8.45. The topological polar surface area (TPSA) is 49.8 Å². The highest BCUT2D eigenvalue weighted by atomic mass is 16.5. The normalized spacial score (nSPS) is 10.7. The average Bonchev–Trinajstić information content (AvgIpc) is 2.30. The Labute approximate surface area is 108 Å². The van der Waals surface area contributed by atoms with Crippen LogP contribution in [0.25, 0.3) is 0 Å². The number of benzene rings is 1. The molecule has 1 aromatic rings. The number of likely N-dealkylation sites (N-methyl/N-ethyl adjacent to an activating group) is 1. The van der Waals surface area contributed by atoms with Crippen LogP contribution in [0.15, 0.2) is 12.1 Å². The molecule has 0 saturated heterocycles. The van der Waals surface area contributed by atoms with Crippen molar-refractivity contribution in [1.82, 2.24) is 4.90 Å². The molecule has 100 valence electrons. The van der Waals surface area contributed by atoms with Gasteiger partial charge in [-0.3, -0.25) is 9.69 Å². The van der Waals surface area contributed by atoms with E-state index in [1.807, 2.05) is 20.0 Å². The molecule has 0 unspecified atom stereocenters. The van der Waals surface area contributed by atoms with Crippen molar-refractivity contribution < 1.29 is 14.6 Å². The monoisotopic (exact) mass is 251 g/mol. The van der Waals surface area contributed by atoms with Crippen LogP contribution >= 0.6 is 0 Å². The summed E-state index contributed by atoms with van der Waals surface area (Å²) in [4.78, 5) is 12.4. The Morgan fingerprint density at radius 1 is 1.33 bits per heavy atom. The average molecular weight is 251 g/mol. The molecular formula is C14H21NO3. The number of ether oxygens (including phenoxy) is 1. The summed E-state index contributed by atoms with van der Waals surface area (Å²) in [6.07, 6.45) is 0.848. The summed E-state index contributed by atoms with van der Waals surface area (Å²) in [5.74, 6) is 0.107. The Hall–Kier alpha value is -1.55. The fourth-order valence-electron chi connectivity index (χ4n) is 1.97. The van der Waals surface area contributed by atoms with Crippen LogP contribution in [0.4, 0.5) is 0 Å². The van der Waals surface area contributed by atoms with Gasteiger partial charge in [-0.25, -0.2) is 0 Å². The first kappa shape index (κ1) is 14.5. The molecule has 0 aliphatic rings. The molecule has 0 bridgehead atoms. The number of hydrogen-bond donors (Lipinski definition) is 1. The number of carboxylic acid groups (broad SMARTS) is 1. The van der Waals surface area contributed by atoms with Gasteiger partial charge in [0.05, 0.1) is 13.7 Å². The van der Waals surface area contributed by atoms with E-state index in [-0.39, 0.29) is 6.54 Å². The van der Waals surface area contributed by atoms with E-state index < -0.39 is 5.97 Å². The van der Waals surface area contributed by atoms with E-state index in [0.717, 1.165) is 24.3 Å². The molecule has 0 radical (unpaired) electrons. The van der Waals surface area contributed by atoms with Gasteiger partial charge in [-0.15, -0.1) is 0 Å². The van der Waals surface area contributed by atoms with Gasteiger partial charge in [0.2, 0.25) is 0 Å². The minimum absolute atomic E-state index is 0.0776. The van der Waals surface area contributed by atoms with Gasteiger partial charge in [0.1, 0.15) is 5.75 Å². The van der Waals surface area contributed by atoms with Crippen LogP contribution in [-0.2, 0) is 11.2 Å². The highest BCUT2D eigenvalue weighted by Gasteiger charge is 2.09. The first-order valence-electron chi connectivity index (χ1n) is 5.99. The van der Waals surface area contributed by atoms with Crippen LogP contribution in [0.1, 0.15) is 16.7 Å². The lowest BCUT2D eigenvalue weighted by molar-refractivity contribution is -0.137. The molecule has 0 saturated carbocycles. The van der Waals surface area contributed by atoms with Crippen molar-refractivity contribution in [2.45, 2.75) is 20.3 Å². The Morgan fingerprint density at radius 2 is 2.00 bits per heavy atom. The quantitative estimate of drug-likeness (QED) is 0.838. The zero-order chi connectivity index (χ0) is 13.7. The van der Waals surface area contributed by atoms with Gasteiger partial charge in [-0.1, -0.05) is 6.07 Å². The van der Waals surface area contributed by atoms with Crippen molar-refractivity contribution in [3.05, 3.63) is 28.8 Å². The number of hydrogen-bond acceptors (Lipinski definition) is 3. The molecule has 18 heavy (non-hydrogen) atoms. The lowest BCUT2D eigenvalue weighted by Crippen LogP contribution is -2.27. The summed E-state index contributed by atoms with van der Waals surface area (Å²) in [6.45, 7) is 4.93. The largest absolute Gasteiger partial charge is 0.496 e. The molecule has 0 aromatic heterocycles. The number of methoxy groups -OCH3 is 1. The molecule has 0 heterocycles. The van der Waals surface area contributed by atoms with Crippen LogP contribution in [0, 0.1) is 13.8 Å². The maximum atomic E-state index is 10.6. The zero-order valence-electron chi connectivity index (χ0n) is 11.5. The summed E-state index contributed by atoms with van der Waals surface area (Å²) in [5, 5.41) is 8.69. The predicted octanol–water partition coefficient (Wildman–Crippen LogP) is 1.87. The number of rotatable bonds is 6. The Balaban J connectivity index is 2.68. The van der Waals surface area contributed by atoms with Crippen molar-refractivity contribution in [3.8, 4) is 5.75 Å². The lowest BCUT2D eigenvalue weighted by Gasteiger charge is -2.16. The van der Waals surface area contributed by atoms with E-state index in [9.17, 15) is 4.79 Å². The summed E-state index contributed by atoms with van der Waals surface area (Å²) in [7, 11) is 3.49. The van der Waals surface area contributed by atoms with Crippen molar-refractivity contribution in [2.75, 3.05) is 27.2 Å². The van der Waals surface area contributed by atoms with Crippen molar-refractivity contribution >= 4 is 5.97 Å². The van der Waals surface area contributed by atoms with E-state index in [1.54, 1.807) is 12.0 Å². The molecule has 0 spiro atoms. The van der Waals surface area contributed by atoms with Gasteiger partial charge >= 0.3 is 5.97 Å². The molecular weight excluding hydrogens is 230 g/mol. The van der Waals surface area contributed by atoms with Gasteiger partial charge in [-0.05, 0) is 50.1 Å². The van der Waals surface area contributed by atoms with Crippen LogP contribution in [0.3, 0.4) is 0 Å². The van der Waals surface area contributed by atoms with Crippen LogP contribution in [-0.4, -0.2) is 43.2 Å². The van der Waals surface area contributed by atoms with Crippen molar-refractivity contribution in [3.63, 3.8) is 0 Å². The molecule has 0 aliphatic carbocycles. The lowest BCUT2D eigenvalue weighted by atomic mass is 10.00. The number of aliphatic carboxylic acids is 1. The van der Waals surface area contributed by atoms with E-state index in [2.05, 4.69) is 13.0 Å². The summed E-state index contributed by atoms with van der Waals surface area (Å²) < 4.78 is 5.27. The van der Waals surface area contributed by atoms with Crippen LogP contribution < -0.4 is 4.74 Å². The molecule has 1 aromatic carbocycles. The number of carbonyl (C=O) groups is 1. The minimum Gasteiger partial charge on any atom is -0.496 e. The molecule has 0 amide bonds. The Kier molecular flexibility index (Phi) is 5.16. The highest BCUT2D eigenvalue weighted by molar-refractivity contribution is 5.69.